The summed E-state index contributed by atoms with van der Waals surface area (Å²) in [7, 11) is 1.59. The van der Waals surface area contributed by atoms with Gasteiger partial charge in [0, 0.05) is 43.5 Å². The molecule has 2 aliphatic rings. The van der Waals surface area contributed by atoms with Gasteiger partial charge in [-0.3, -0.25) is 9.59 Å². The van der Waals surface area contributed by atoms with Crippen LogP contribution in [-0.4, -0.2) is 69.3 Å². The Morgan fingerprint density at radius 2 is 1.74 bits per heavy atom. The second-order valence-corrected chi connectivity index (χ2v) is 7.89. The highest BCUT2D eigenvalue weighted by molar-refractivity contribution is 6.00. The van der Waals surface area contributed by atoms with E-state index in [4.69, 9.17) is 9.47 Å². The molecule has 0 radical (unpaired) electrons. The number of carbonyl (C=O) groups is 2. The van der Waals surface area contributed by atoms with Crippen molar-refractivity contribution in [2.75, 3.05) is 51.4 Å². The van der Waals surface area contributed by atoms with Gasteiger partial charge in [0.25, 0.3) is 11.8 Å². The molecule has 0 aromatic heterocycles. The van der Waals surface area contributed by atoms with Gasteiger partial charge in [-0.1, -0.05) is 18.2 Å². The molecule has 0 bridgehead atoms. The van der Waals surface area contributed by atoms with Crippen LogP contribution in [0.15, 0.2) is 48.5 Å². The summed E-state index contributed by atoms with van der Waals surface area (Å²) in [5, 5.41) is 3.14. The van der Waals surface area contributed by atoms with Crippen LogP contribution < -0.4 is 15.0 Å². The number of hydrogen-bond acceptors (Lipinski definition) is 5. The average molecular weight is 424 g/mol. The second-order valence-electron chi connectivity index (χ2n) is 7.89. The SMILES string of the molecule is COc1cccc(C(=O)NC2CCN(c3ccccc3C(=O)N3CCOCC3)CC2)c1. The Balaban J connectivity index is 1.38. The van der Waals surface area contributed by atoms with Gasteiger partial charge in [0.1, 0.15) is 5.75 Å². The van der Waals surface area contributed by atoms with E-state index in [1.165, 1.54) is 0 Å². The highest BCUT2D eigenvalue weighted by Gasteiger charge is 2.26. The van der Waals surface area contributed by atoms with Crippen molar-refractivity contribution in [1.82, 2.24) is 10.2 Å². The maximum Gasteiger partial charge on any atom is 0.256 e. The van der Waals surface area contributed by atoms with Gasteiger partial charge >= 0.3 is 0 Å². The molecule has 0 unspecified atom stereocenters. The third kappa shape index (κ3) is 4.99. The molecule has 2 saturated heterocycles. The number of morpholine rings is 1. The van der Waals surface area contributed by atoms with Crippen molar-refractivity contribution in [3.8, 4) is 5.75 Å². The first-order valence-corrected chi connectivity index (χ1v) is 10.8. The molecule has 2 amide bonds. The topological polar surface area (TPSA) is 71.1 Å². The Labute approximate surface area is 182 Å². The number of nitrogens with one attached hydrogen (secondary N) is 1. The Kier molecular flexibility index (Phi) is 6.72. The fourth-order valence-electron chi connectivity index (χ4n) is 4.16. The number of nitrogens with zero attached hydrogens (tertiary/aromatic N) is 2. The van der Waals surface area contributed by atoms with Crippen molar-refractivity contribution in [1.29, 1.82) is 0 Å². The number of carbonyl (C=O) groups excluding carboxylic acids is 2. The molecule has 7 nitrogen and oxygen atoms in total. The molecule has 0 atom stereocenters. The quantitative estimate of drug-likeness (QED) is 0.800. The molecule has 31 heavy (non-hydrogen) atoms. The number of amides is 2. The molecule has 4 rings (SSSR count). The Morgan fingerprint density at radius 1 is 1.00 bits per heavy atom. The van der Waals surface area contributed by atoms with Gasteiger partial charge in [-0.25, -0.2) is 0 Å². The number of methoxy groups -OCH3 is 1. The first kappa shape index (κ1) is 21.2. The van der Waals surface area contributed by atoms with Crippen LogP contribution in [-0.2, 0) is 4.74 Å². The van der Waals surface area contributed by atoms with E-state index in [2.05, 4.69) is 10.2 Å². The summed E-state index contributed by atoms with van der Waals surface area (Å²) < 4.78 is 10.6. The fourth-order valence-corrected chi connectivity index (χ4v) is 4.16. The Hall–Kier alpha value is -3.06. The minimum atomic E-state index is -0.0831. The summed E-state index contributed by atoms with van der Waals surface area (Å²) >= 11 is 0. The zero-order valence-corrected chi connectivity index (χ0v) is 17.9. The van der Waals surface area contributed by atoms with Crippen molar-refractivity contribution >= 4 is 17.5 Å². The lowest BCUT2D eigenvalue weighted by molar-refractivity contribution is 0.0303. The van der Waals surface area contributed by atoms with E-state index in [0.29, 0.717) is 37.6 Å². The van der Waals surface area contributed by atoms with E-state index < -0.39 is 0 Å². The Morgan fingerprint density at radius 3 is 2.48 bits per heavy atom. The van der Waals surface area contributed by atoms with E-state index in [-0.39, 0.29) is 17.9 Å². The van der Waals surface area contributed by atoms with E-state index in [1.54, 1.807) is 19.2 Å². The van der Waals surface area contributed by atoms with Crippen LogP contribution in [0.3, 0.4) is 0 Å². The largest absolute Gasteiger partial charge is 0.497 e. The summed E-state index contributed by atoms with van der Waals surface area (Å²) in [6.45, 7) is 4.02. The van der Waals surface area contributed by atoms with Crippen molar-refractivity contribution < 1.29 is 19.1 Å². The molecule has 2 fully saturated rings. The van der Waals surface area contributed by atoms with Crippen LogP contribution in [0, 0.1) is 0 Å². The molecule has 164 valence electrons. The average Bonchev–Trinajstić information content (AvgIpc) is 2.84. The van der Waals surface area contributed by atoms with Crippen molar-refractivity contribution in [2.24, 2.45) is 0 Å². The molecule has 0 saturated carbocycles. The molecular weight excluding hydrogens is 394 g/mol. The van der Waals surface area contributed by atoms with E-state index in [1.807, 2.05) is 41.3 Å². The number of hydrogen-bond donors (Lipinski definition) is 1. The van der Waals surface area contributed by atoms with Gasteiger partial charge in [-0.2, -0.15) is 0 Å². The minimum Gasteiger partial charge on any atom is -0.497 e. The van der Waals surface area contributed by atoms with E-state index >= 15 is 0 Å². The monoisotopic (exact) mass is 423 g/mol. The number of anilines is 1. The minimum absolute atomic E-state index is 0.0624. The summed E-state index contributed by atoms with van der Waals surface area (Å²) in [6.07, 6.45) is 1.66. The molecule has 0 aliphatic carbocycles. The standard InChI is InChI=1S/C24H29N3O4/c1-30-20-6-4-5-18(17-20)23(28)25-19-9-11-26(12-10-19)22-8-3-2-7-21(22)24(29)27-13-15-31-16-14-27/h2-8,17,19H,9-16H2,1H3,(H,25,28). The maximum absolute atomic E-state index is 13.1. The summed E-state index contributed by atoms with van der Waals surface area (Å²) in [4.78, 5) is 29.8. The predicted octanol–water partition coefficient (Wildman–Crippen LogP) is 2.57. The van der Waals surface area contributed by atoms with Gasteiger partial charge in [-0.05, 0) is 43.2 Å². The van der Waals surface area contributed by atoms with Crippen LogP contribution in [0.25, 0.3) is 0 Å². The van der Waals surface area contributed by atoms with Crippen molar-refractivity contribution in [3.05, 3.63) is 59.7 Å². The third-order valence-electron chi connectivity index (χ3n) is 5.94. The van der Waals surface area contributed by atoms with Gasteiger partial charge < -0.3 is 24.6 Å². The first-order chi connectivity index (χ1) is 15.2. The lowest BCUT2D eigenvalue weighted by Crippen LogP contribution is -2.45. The summed E-state index contributed by atoms with van der Waals surface area (Å²) in [5.74, 6) is 0.650. The zero-order valence-electron chi connectivity index (χ0n) is 17.9. The molecule has 2 aliphatic heterocycles. The smallest absolute Gasteiger partial charge is 0.256 e. The molecule has 2 heterocycles. The van der Waals surface area contributed by atoms with Gasteiger partial charge in [0.05, 0.1) is 25.9 Å². The molecule has 2 aromatic carbocycles. The van der Waals surface area contributed by atoms with Gasteiger partial charge in [-0.15, -0.1) is 0 Å². The lowest BCUT2D eigenvalue weighted by Gasteiger charge is -2.35. The number of piperidine rings is 1. The highest BCUT2D eigenvalue weighted by Crippen LogP contribution is 2.26. The van der Waals surface area contributed by atoms with Crippen LogP contribution in [0.2, 0.25) is 0 Å². The van der Waals surface area contributed by atoms with Crippen molar-refractivity contribution in [3.63, 3.8) is 0 Å². The molecule has 2 aromatic rings. The summed E-state index contributed by atoms with van der Waals surface area (Å²) in [5.41, 5.74) is 2.31. The zero-order chi connectivity index (χ0) is 21.6. The summed E-state index contributed by atoms with van der Waals surface area (Å²) in [6, 6.07) is 15.1. The molecule has 7 heteroatoms. The van der Waals surface area contributed by atoms with Crippen LogP contribution in [0.5, 0.6) is 5.75 Å². The normalized spacial score (nSPS) is 17.3. The molecular formula is C24H29N3O4. The number of ether oxygens (including phenoxy) is 2. The van der Waals surface area contributed by atoms with Gasteiger partial charge in [0.2, 0.25) is 0 Å². The Bertz CT molecular complexity index is 919. The number of benzene rings is 2. The first-order valence-electron chi connectivity index (χ1n) is 10.8. The van der Waals surface area contributed by atoms with Gasteiger partial charge in [0.15, 0.2) is 0 Å². The highest BCUT2D eigenvalue weighted by atomic mass is 16.5. The van der Waals surface area contributed by atoms with Crippen LogP contribution >= 0.6 is 0 Å². The van der Waals surface area contributed by atoms with E-state index in [9.17, 15) is 9.59 Å². The number of rotatable bonds is 5. The molecule has 0 spiro atoms. The van der Waals surface area contributed by atoms with Crippen LogP contribution in [0.1, 0.15) is 33.6 Å². The maximum atomic E-state index is 13.1. The third-order valence-corrected chi connectivity index (χ3v) is 5.94. The van der Waals surface area contributed by atoms with Crippen molar-refractivity contribution in [2.45, 2.75) is 18.9 Å². The van der Waals surface area contributed by atoms with Crippen LogP contribution in [0.4, 0.5) is 5.69 Å². The lowest BCUT2D eigenvalue weighted by atomic mass is 10.0. The fraction of sp³-hybridized carbons (Fsp3) is 0.417. The predicted molar refractivity (Wildman–Crippen MR) is 119 cm³/mol. The number of para-hydroxylation sites is 1. The van der Waals surface area contributed by atoms with E-state index in [0.717, 1.165) is 37.2 Å². The molecule has 1 N–H and O–H groups in total. The second kappa shape index (κ2) is 9.83.